The van der Waals surface area contributed by atoms with E-state index in [9.17, 15) is 13.2 Å². The van der Waals surface area contributed by atoms with E-state index < -0.39 is 15.9 Å². The van der Waals surface area contributed by atoms with Crippen molar-refractivity contribution in [2.45, 2.75) is 6.42 Å². The number of pyridine rings is 1. The van der Waals surface area contributed by atoms with E-state index in [-0.39, 0.29) is 29.4 Å². The zero-order chi connectivity index (χ0) is 13.8. The van der Waals surface area contributed by atoms with Gasteiger partial charge in [0.15, 0.2) is 0 Å². The van der Waals surface area contributed by atoms with Crippen LogP contribution in [0, 0.1) is 0 Å². The number of hydrogen-bond donors (Lipinski definition) is 3. The van der Waals surface area contributed by atoms with Gasteiger partial charge in [0.05, 0.1) is 23.2 Å². The summed E-state index contributed by atoms with van der Waals surface area (Å²) in [5.74, 6) is -0.662. The molecule has 100 valence electrons. The molecule has 0 saturated carbocycles. The van der Waals surface area contributed by atoms with Crippen molar-refractivity contribution < 1.29 is 13.2 Å². The Kier molecular flexibility index (Phi) is 4.88. The van der Waals surface area contributed by atoms with E-state index in [0.29, 0.717) is 5.69 Å². The van der Waals surface area contributed by atoms with Crippen molar-refractivity contribution in [2.75, 3.05) is 18.0 Å². The number of aromatic nitrogens is 1. The van der Waals surface area contributed by atoms with Crippen LogP contribution in [0.1, 0.15) is 16.8 Å². The minimum Gasteiger partial charge on any atom is -0.397 e. The second kappa shape index (κ2) is 5.98. The quantitative estimate of drug-likeness (QED) is 0.508. The zero-order valence-corrected chi connectivity index (χ0v) is 11.0. The number of anilines is 1. The Labute approximate surface area is 110 Å². The van der Waals surface area contributed by atoms with Crippen LogP contribution in [0.2, 0.25) is 5.15 Å². The minimum atomic E-state index is -3.51. The van der Waals surface area contributed by atoms with E-state index in [4.69, 9.17) is 22.5 Å². The third-order valence-corrected chi connectivity index (χ3v) is 3.15. The summed E-state index contributed by atoms with van der Waals surface area (Å²) in [6, 6.07) is 1.39. The molecule has 1 amide bonds. The summed E-state index contributed by atoms with van der Waals surface area (Å²) >= 11 is 5.73. The van der Waals surface area contributed by atoms with Gasteiger partial charge in [-0.2, -0.15) is 0 Å². The number of sulfonamides is 1. The molecule has 0 radical (unpaired) electrons. The molecule has 1 aromatic rings. The van der Waals surface area contributed by atoms with Gasteiger partial charge in [0, 0.05) is 6.54 Å². The Morgan fingerprint density at radius 3 is 2.78 bits per heavy atom. The summed E-state index contributed by atoms with van der Waals surface area (Å²) in [6.07, 6.45) is 1.55. The normalized spacial score (nSPS) is 11.2. The molecule has 1 rings (SSSR count). The van der Waals surface area contributed by atoms with Crippen molar-refractivity contribution in [1.82, 2.24) is 10.3 Å². The standard InChI is InChI=1S/C9H13ClN4O3S/c10-8-7(4-6(11)5-14-8)9(15)13-2-1-3-18(12,16)17/h4-5H,1-3,11H2,(H,13,15)(H2,12,16,17). The lowest BCUT2D eigenvalue weighted by Crippen LogP contribution is -2.27. The van der Waals surface area contributed by atoms with Gasteiger partial charge in [-0.05, 0) is 12.5 Å². The minimum absolute atomic E-state index is 0.0353. The van der Waals surface area contributed by atoms with Crippen LogP contribution >= 0.6 is 11.6 Å². The maximum atomic E-state index is 11.7. The van der Waals surface area contributed by atoms with Crippen LogP contribution < -0.4 is 16.2 Å². The van der Waals surface area contributed by atoms with Gasteiger partial charge in [0.2, 0.25) is 10.0 Å². The van der Waals surface area contributed by atoms with Crippen molar-refractivity contribution in [2.24, 2.45) is 5.14 Å². The molecule has 0 aliphatic carbocycles. The predicted octanol–water partition coefficient (Wildman–Crippen LogP) is -0.274. The summed E-state index contributed by atoms with van der Waals surface area (Å²) < 4.78 is 21.3. The molecule has 7 nitrogen and oxygen atoms in total. The first-order valence-corrected chi connectivity index (χ1v) is 7.08. The number of nitrogens with one attached hydrogen (secondary N) is 1. The van der Waals surface area contributed by atoms with Gasteiger partial charge in [0.1, 0.15) is 5.15 Å². The van der Waals surface area contributed by atoms with Crippen molar-refractivity contribution in [3.63, 3.8) is 0 Å². The van der Waals surface area contributed by atoms with E-state index >= 15 is 0 Å². The average molecular weight is 293 g/mol. The maximum absolute atomic E-state index is 11.7. The smallest absolute Gasteiger partial charge is 0.254 e. The van der Waals surface area contributed by atoms with Crippen molar-refractivity contribution in [3.05, 3.63) is 23.0 Å². The topological polar surface area (TPSA) is 128 Å². The fourth-order valence-corrected chi connectivity index (χ4v) is 1.93. The Morgan fingerprint density at radius 2 is 2.17 bits per heavy atom. The Morgan fingerprint density at radius 1 is 1.50 bits per heavy atom. The Balaban J connectivity index is 2.53. The molecule has 0 unspecified atom stereocenters. The lowest BCUT2D eigenvalue weighted by Gasteiger charge is -2.06. The number of nitrogen functional groups attached to an aromatic ring is 1. The number of nitrogens with two attached hydrogens (primary N) is 2. The molecular formula is C9H13ClN4O3S. The lowest BCUT2D eigenvalue weighted by atomic mass is 10.2. The molecule has 0 bridgehead atoms. The summed E-state index contributed by atoms with van der Waals surface area (Å²) in [4.78, 5) is 15.4. The molecule has 5 N–H and O–H groups in total. The zero-order valence-electron chi connectivity index (χ0n) is 9.39. The van der Waals surface area contributed by atoms with Gasteiger partial charge in [-0.15, -0.1) is 0 Å². The molecule has 0 atom stereocenters. The third kappa shape index (κ3) is 4.86. The van der Waals surface area contributed by atoms with Gasteiger partial charge in [-0.1, -0.05) is 11.6 Å². The molecule has 18 heavy (non-hydrogen) atoms. The van der Waals surface area contributed by atoms with Gasteiger partial charge in [-0.25, -0.2) is 18.5 Å². The fourth-order valence-electron chi connectivity index (χ4n) is 1.19. The molecule has 0 spiro atoms. The largest absolute Gasteiger partial charge is 0.397 e. The molecule has 1 aromatic heterocycles. The molecule has 0 saturated heterocycles. The SMILES string of the molecule is Nc1cnc(Cl)c(C(=O)NCCCS(N)(=O)=O)c1. The Bertz CT molecular complexity index is 547. The monoisotopic (exact) mass is 292 g/mol. The number of halogens is 1. The van der Waals surface area contributed by atoms with E-state index in [0.717, 1.165) is 0 Å². The van der Waals surface area contributed by atoms with Crippen molar-refractivity contribution in [3.8, 4) is 0 Å². The van der Waals surface area contributed by atoms with E-state index in [1.807, 2.05) is 0 Å². The molecular weight excluding hydrogens is 280 g/mol. The molecule has 0 aliphatic rings. The lowest BCUT2D eigenvalue weighted by molar-refractivity contribution is 0.0953. The van der Waals surface area contributed by atoms with E-state index in [2.05, 4.69) is 10.3 Å². The van der Waals surface area contributed by atoms with Gasteiger partial charge in [0.25, 0.3) is 5.91 Å². The second-order valence-corrected chi connectivity index (χ2v) is 5.68. The first-order chi connectivity index (χ1) is 8.29. The summed E-state index contributed by atoms with van der Waals surface area (Å²) in [7, 11) is -3.51. The van der Waals surface area contributed by atoms with Crippen LogP contribution in [0.25, 0.3) is 0 Å². The predicted molar refractivity (Wildman–Crippen MR) is 68.6 cm³/mol. The fraction of sp³-hybridized carbons (Fsp3) is 0.333. The van der Waals surface area contributed by atoms with Gasteiger partial charge >= 0.3 is 0 Å². The van der Waals surface area contributed by atoms with Gasteiger partial charge < -0.3 is 11.1 Å². The molecule has 0 aliphatic heterocycles. The summed E-state index contributed by atoms with van der Waals surface area (Å²) in [5.41, 5.74) is 5.94. The van der Waals surface area contributed by atoms with Crippen LogP contribution in [0.15, 0.2) is 12.3 Å². The number of primary sulfonamides is 1. The van der Waals surface area contributed by atoms with E-state index in [1.54, 1.807) is 0 Å². The maximum Gasteiger partial charge on any atom is 0.254 e. The first kappa shape index (κ1) is 14.7. The van der Waals surface area contributed by atoms with E-state index in [1.165, 1.54) is 12.3 Å². The van der Waals surface area contributed by atoms with Crippen LogP contribution in [0.4, 0.5) is 5.69 Å². The highest BCUT2D eigenvalue weighted by Gasteiger charge is 2.11. The number of carbonyl (C=O) groups is 1. The average Bonchev–Trinajstić information content (AvgIpc) is 2.26. The number of nitrogens with zero attached hydrogens (tertiary/aromatic N) is 1. The highest BCUT2D eigenvalue weighted by atomic mass is 35.5. The van der Waals surface area contributed by atoms with Crippen LogP contribution in [-0.2, 0) is 10.0 Å². The third-order valence-electron chi connectivity index (χ3n) is 2.00. The summed E-state index contributed by atoms with van der Waals surface area (Å²) in [6.45, 7) is 0.167. The first-order valence-electron chi connectivity index (χ1n) is 4.99. The van der Waals surface area contributed by atoms with Crippen molar-refractivity contribution in [1.29, 1.82) is 0 Å². The second-order valence-electron chi connectivity index (χ2n) is 3.58. The van der Waals surface area contributed by atoms with Crippen LogP contribution in [0.3, 0.4) is 0 Å². The summed E-state index contributed by atoms with van der Waals surface area (Å²) in [5, 5.41) is 7.36. The molecule has 1 heterocycles. The van der Waals surface area contributed by atoms with Crippen LogP contribution in [0.5, 0.6) is 0 Å². The number of carbonyl (C=O) groups excluding carboxylic acids is 1. The van der Waals surface area contributed by atoms with Crippen LogP contribution in [-0.4, -0.2) is 31.6 Å². The Hall–Kier alpha value is -1.38. The molecule has 0 aromatic carbocycles. The number of hydrogen-bond acceptors (Lipinski definition) is 5. The molecule has 9 heteroatoms. The van der Waals surface area contributed by atoms with Gasteiger partial charge in [-0.3, -0.25) is 4.79 Å². The molecule has 0 fully saturated rings. The highest BCUT2D eigenvalue weighted by molar-refractivity contribution is 7.89. The highest BCUT2D eigenvalue weighted by Crippen LogP contribution is 2.15. The number of amides is 1. The number of rotatable bonds is 5. The van der Waals surface area contributed by atoms with Crippen molar-refractivity contribution >= 4 is 33.2 Å².